The van der Waals surface area contributed by atoms with E-state index in [-0.39, 0.29) is 0 Å². The van der Waals surface area contributed by atoms with Crippen LogP contribution in [0.5, 0.6) is 0 Å². The number of hydrazine groups is 2. The number of hydrogen-bond donors (Lipinski definition) is 3. The standard InChI is InChI=1S/C8H17N5/c1-5-12(3)13(4)11-8(9)6-7-10-2/h5-7,10H,1H2,2-4H3,(H2,9,11)/b7-6-. The van der Waals surface area contributed by atoms with E-state index in [4.69, 9.17) is 5.41 Å². The molecule has 74 valence electrons. The van der Waals surface area contributed by atoms with Gasteiger partial charge in [-0.25, -0.2) is 0 Å². The van der Waals surface area contributed by atoms with Crippen LogP contribution in [0.4, 0.5) is 0 Å². The summed E-state index contributed by atoms with van der Waals surface area (Å²) < 4.78 is 0. The van der Waals surface area contributed by atoms with E-state index in [0.29, 0.717) is 5.84 Å². The molecular formula is C8H17N5. The van der Waals surface area contributed by atoms with Crippen molar-refractivity contribution < 1.29 is 0 Å². The van der Waals surface area contributed by atoms with Crippen molar-refractivity contribution in [1.82, 2.24) is 20.9 Å². The smallest absolute Gasteiger partial charge is 0.135 e. The Morgan fingerprint density at radius 3 is 2.54 bits per heavy atom. The fourth-order valence-electron chi connectivity index (χ4n) is 0.580. The van der Waals surface area contributed by atoms with E-state index < -0.39 is 0 Å². The van der Waals surface area contributed by atoms with Crippen LogP contribution < -0.4 is 10.7 Å². The van der Waals surface area contributed by atoms with Gasteiger partial charge in [0.15, 0.2) is 0 Å². The number of amidine groups is 1. The van der Waals surface area contributed by atoms with E-state index in [0.717, 1.165) is 0 Å². The minimum atomic E-state index is 0.297. The highest BCUT2D eigenvalue weighted by Gasteiger charge is 1.99. The Kier molecular flexibility index (Phi) is 5.38. The highest BCUT2D eigenvalue weighted by atomic mass is 15.8. The molecule has 13 heavy (non-hydrogen) atoms. The topological polar surface area (TPSA) is 54.4 Å². The molecule has 0 spiro atoms. The van der Waals surface area contributed by atoms with Crippen LogP contribution in [0.3, 0.4) is 0 Å². The molecule has 0 saturated heterocycles. The Balaban J connectivity index is 3.91. The Morgan fingerprint density at radius 1 is 1.46 bits per heavy atom. The van der Waals surface area contributed by atoms with Gasteiger partial charge in [0.25, 0.3) is 0 Å². The molecule has 0 atom stereocenters. The molecule has 0 aliphatic carbocycles. The molecule has 0 bridgehead atoms. The Morgan fingerprint density at radius 2 is 2.08 bits per heavy atom. The van der Waals surface area contributed by atoms with Crippen LogP contribution in [0.1, 0.15) is 0 Å². The SMILES string of the molecule is C=CN(C)N(C)NC(=N)/C=C\NC. The third kappa shape index (κ3) is 4.86. The first kappa shape index (κ1) is 11.5. The lowest BCUT2D eigenvalue weighted by Crippen LogP contribution is -2.45. The van der Waals surface area contributed by atoms with E-state index in [1.807, 2.05) is 7.05 Å². The normalized spacial score (nSPS) is 10.2. The van der Waals surface area contributed by atoms with E-state index in [2.05, 4.69) is 17.3 Å². The molecule has 0 amide bonds. The van der Waals surface area contributed by atoms with Crippen LogP contribution in [0, 0.1) is 5.41 Å². The molecule has 3 N–H and O–H groups in total. The van der Waals surface area contributed by atoms with Crippen LogP contribution in [0.15, 0.2) is 25.1 Å². The molecule has 0 saturated carbocycles. The molecule has 0 aliphatic heterocycles. The van der Waals surface area contributed by atoms with Gasteiger partial charge in [0.1, 0.15) is 5.84 Å². The third-order valence-electron chi connectivity index (χ3n) is 1.44. The second-order valence-electron chi connectivity index (χ2n) is 2.43. The van der Waals surface area contributed by atoms with Crippen molar-refractivity contribution in [2.75, 3.05) is 21.1 Å². The first-order valence-electron chi connectivity index (χ1n) is 3.90. The summed E-state index contributed by atoms with van der Waals surface area (Å²) in [6.07, 6.45) is 4.94. The van der Waals surface area contributed by atoms with Crippen LogP contribution in [0.25, 0.3) is 0 Å². The van der Waals surface area contributed by atoms with E-state index in [1.54, 1.807) is 42.7 Å². The fraction of sp³-hybridized carbons (Fsp3) is 0.375. The number of hydrogen-bond acceptors (Lipinski definition) is 4. The Hall–Kier alpha value is -1.49. The van der Waals surface area contributed by atoms with Crippen molar-refractivity contribution in [2.45, 2.75) is 0 Å². The van der Waals surface area contributed by atoms with E-state index >= 15 is 0 Å². The predicted octanol–water partition coefficient (Wildman–Crippen LogP) is 0.123. The zero-order chi connectivity index (χ0) is 10.3. The first-order chi connectivity index (χ1) is 6.11. The van der Waals surface area contributed by atoms with Gasteiger partial charge < -0.3 is 5.32 Å². The second kappa shape index (κ2) is 6.07. The van der Waals surface area contributed by atoms with Crippen LogP contribution >= 0.6 is 0 Å². The molecule has 5 nitrogen and oxygen atoms in total. The maximum Gasteiger partial charge on any atom is 0.135 e. The van der Waals surface area contributed by atoms with Crippen LogP contribution in [-0.2, 0) is 0 Å². The van der Waals surface area contributed by atoms with E-state index in [1.165, 1.54) is 0 Å². The van der Waals surface area contributed by atoms with Gasteiger partial charge in [-0.15, -0.1) is 5.12 Å². The molecule has 0 aromatic carbocycles. The quantitative estimate of drug-likeness (QED) is 0.322. The van der Waals surface area contributed by atoms with Gasteiger partial charge >= 0.3 is 0 Å². The zero-order valence-electron chi connectivity index (χ0n) is 8.33. The maximum absolute atomic E-state index is 7.45. The molecule has 0 unspecified atom stereocenters. The molecule has 0 heterocycles. The summed E-state index contributed by atoms with van der Waals surface area (Å²) in [4.78, 5) is 0. The lowest BCUT2D eigenvalue weighted by Gasteiger charge is -2.26. The Labute approximate surface area is 79.2 Å². The fourth-order valence-corrected chi connectivity index (χ4v) is 0.580. The molecule has 0 aromatic heterocycles. The molecule has 0 radical (unpaired) electrons. The average Bonchev–Trinajstić information content (AvgIpc) is 2.13. The van der Waals surface area contributed by atoms with Gasteiger partial charge in [-0.3, -0.25) is 15.8 Å². The maximum atomic E-state index is 7.45. The van der Waals surface area contributed by atoms with Crippen LogP contribution in [0.2, 0.25) is 0 Å². The molecular weight excluding hydrogens is 166 g/mol. The van der Waals surface area contributed by atoms with Gasteiger partial charge in [0.05, 0.1) is 0 Å². The van der Waals surface area contributed by atoms with Crippen molar-refractivity contribution >= 4 is 5.84 Å². The summed E-state index contributed by atoms with van der Waals surface area (Å²) in [6, 6.07) is 0. The predicted molar refractivity (Wildman–Crippen MR) is 54.8 cm³/mol. The van der Waals surface area contributed by atoms with Crippen LogP contribution in [-0.4, -0.2) is 37.1 Å². The number of nitrogens with zero attached hydrogens (tertiary/aromatic N) is 2. The summed E-state index contributed by atoms with van der Waals surface area (Å²) in [5, 5.41) is 13.6. The summed E-state index contributed by atoms with van der Waals surface area (Å²) in [5.74, 6) is 0.297. The van der Waals surface area contributed by atoms with Gasteiger partial charge in [0.2, 0.25) is 0 Å². The van der Waals surface area contributed by atoms with Crippen molar-refractivity contribution in [3.05, 3.63) is 25.1 Å². The largest absolute Gasteiger partial charge is 0.394 e. The third-order valence-corrected chi connectivity index (χ3v) is 1.44. The van der Waals surface area contributed by atoms with Crippen molar-refractivity contribution in [2.24, 2.45) is 0 Å². The highest BCUT2D eigenvalue weighted by Crippen LogP contribution is 1.85. The van der Waals surface area contributed by atoms with Gasteiger partial charge in [-0.05, 0) is 12.3 Å². The van der Waals surface area contributed by atoms with Gasteiger partial charge in [-0.2, -0.15) is 0 Å². The summed E-state index contributed by atoms with van der Waals surface area (Å²) >= 11 is 0. The van der Waals surface area contributed by atoms with Crippen molar-refractivity contribution in [3.8, 4) is 0 Å². The number of nitrogens with one attached hydrogen (secondary N) is 3. The van der Waals surface area contributed by atoms with E-state index in [9.17, 15) is 0 Å². The van der Waals surface area contributed by atoms with Gasteiger partial charge in [0, 0.05) is 27.3 Å². The number of rotatable bonds is 5. The molecule has 0 rings (SSSR count). The summed E-state index contributed by atoms with van der Waals surface area (Å²) in [6.45, 7) is 3.59. The summed E-state index contributed by atoms with van der Waals surface area (Å²) in [7, 11) is 5.40. The summed E-state index contributed by atoms with van der Waals surface area (Å²) in [5.41, 5.74) is 2.81. The molecule has 0 fully saturated rings. The van der Waals surface area contributed by atoms with Gasteiger partial charge in [-0.1, -0.05) is 6.58 Å². The first-order valence-corrected chi connectivity index (χ1v) is 3.90. The lowest BCUT2D eigenvalue weighted by molar-refractivity contribution is 0.0495. The zero-order valence-corrected chi connectivity index (χ0v) is 8.33. The van der Waals surface area contributed by atoms with Crippen molar-refractivity contribution in [1.29, 1.82) is 5.41 Å². The minimum Gasteiger partial charge on any atom is -0.394 e. The molecule has 5 heteroatoms. The molecule has 0 aliphatic rings. The Bertz CT molecular complexity index is 199. The lowest BCUT2D eigenvalue weighted by atomic mass is 10.5. The van der Waals surface area contributed by atoms with Crippen molar-refractivity contribution in [3.63, 3.8) is 0 Å². The highest BCUT2D eigenvalue weighted by molar-refractivity contribution is 5.89. The second-order valence-corrected chi connectivity index (χ2v) is 2.43. The monoisotopic (exact) mass is 183 g/mol. The minimum absolute atomic E-state index is 0.297. The molecule has 0 aromatic rings. The average molecular weight is 183 g/mol.